The third kappa shape index (κ3) is 3.46. The zero-order valence-electron chi connectivity index (χ0n) is 12.7. The summed E-state index contributed by atoms with van der Waals surface area (Å²) >= 11 is 8.60. The molecule has 25 heavy (non-hydrogen) atoms. The van der Waals surface area contributed by atoms with E-state index >= 15 is 0 Å². The highest BCUT2D eigenvalue weighted by Gasteiger charge is 2.13. The lowest BCUT2D eigenvalue weighted by Crippen LogP contribution is -2.03. The van der Waals surface area contributed by atoms with Gasteiger partial charge in [0.2, 0.25) is 4.73 Å². The first-order valence-electron chi connectivity index (χ1n) is 7.27. The van der Waals surface area contributed by atoms with Crippen LogP contribution in [0.15, 0.2) is 50.8 Å². The summed E-state index contributed by atoms with van der Waals surface area (Å²) in [5, 5.41) is 26.2. The van der Waals surface area contributed by atoms with E-state index in [1.807, 2.05) is 16.7 Å². The maximum atomic E-state index is 4.23. The molecule has 2 aromatic carbocycles. The van der Waals surface area contributed by atoms with Crippen LogP contribution in [0.2, 0.25) is 0 Å². The number of fused-ring (bicyclic) bond motifs is 1. The van der Waals surface area contributed by atoms with Crippen molar-refractivity contribution in [3.8, 4) is 0 Å². The van der Waals surface area contributed by atoms with Crippen molar-refractivity contribution in [2.75, 3.05) is 0 Å². The second kappa shape index (κ2) is 7.22. The summed E-state index contributed by atoms with van der Waals surface area (Å²) in [5.74, 6) is 1.11. The molecule has 0 aliphatic heterocycles. The number of hydrogen-bond donors (Lipinski definition) is 0. The third-order valence-electron chi connectivity index (χ3n) is 3.65. The summed E-state index contributed by atoms with van der Waals surface area (Å²) < 4.78 is 3.78. The van der Waals surface area contributed by atoms with E-state index in [1.54, 1.807) is 0 Å². The first kappa shape index (κ1) is 16.7. The van der Waals surface area contributed by atoms with E-state index in [2.05, 4.69) is 86.9 Å². The van der Waals surface area contributed by atoms with E-state index < -0.39 is 0 Å². The van der Waals surface area contributed by atoms with Crippen molar-refractivity contribution >= 4 is 54.4 Å². The molecule has 0 atom stereocenters. The van der Waals surface area contributed by atoms with Crippen LogP contribution in [0.1, 0.15) is 11.4 Å². The maximum Gasteiger partial charge on any atom is 0.201 e. The van der Waals surface area contributed by atoms with Crippen LogP contribution < -0.4 is 5.10 Å². The Labute approximate surface area is 163 Å². The Balaban J connectivity index is 1.65. The number of rotatable bonds is 5. The van der Waals surface area contributed by atoms with Crippen LogP contribution >= 0.6 is 43.6 Å². The molecule has 2 heterocycles. The maximum absolute atomic E-state index is 4.23. The van der Waals surface area contributed by atoms with Gasteiger partial charge < -0.3 is 5.10 Å². The van der Waals surface area contributed by atoms with Gasteiger partial charge in [-0.25, -0.2) is 0 Å². The molecule has 0 saturated carbocycles. The molecule has 0 N–H and O–H groups in total. The topological polar surface area (TPSA) is 83.5 Å². The minimum Gasteiger partial charge on any atom is -0.335 e. The third-order valence-corrected chi connectivity index (χ3v) is 5.89. The predicted molar refractivity (Wildman–Crippen MR) is 101 cm³/mol. The fourth-order valence-corrected chi connectivity index (χ4v) is 4.24. The normalized spacial score (nSPS) is 11.3. The summed E-state index contributed by atoms with van der Waals surface area (Å²) in [6.07, 6.45) is 0. The van der Waals surface area contributed by atoms with Crippen molar-refractivity contribution in [3.05, 3.63) is 57.0 Å². The van der Waals surface area contributed by atoms with Crippen molar-refractivity contribution < 1.29 is 0 Å². The molecule has 0 radical (unpaired) electrons. The molecule has 0 fully saturated rings. The highest BCUT2D eigenvalue weighted by molar-refractivity contribution is 9.10. The summed E-state index contributed by atoms with van der Waals surface area (Å²) in [6, 6.07) is 12.5. The van der Waals surface area contributed by atoms with Crippen LogP contribution in [-0.4, -0.2) is 30.3 Å². The van der Waals surface area contributed by atoms with Gasteiger partial charge in [0.25, 0.3) is 0 Å². The monoisotopic (exact) mass is 478 g/mol. The van der Waals surface area contributed by atoms with Crippen molar-refractivity contribution in [1.29, 1.82) is 0 Å². The van der Waals surface area contributed by atoms with E-state index in [4.69, 9.17) is 0 Å². The Bertz CT molecular complexity index is 1020. The number of thioether (sulfide) groups is 1. The van der Waals surface area contributed by atoms with Crippen LogP contribution in [0, 0.1) is 0 Å². The Morgan fingerprint density at radius 2 is 1.84 bits per heavy atom. The standard InChI is InChI=1S/C15H10Br2N7S/c16-12-6-5-9(10-3-1-2-4-11(10)12)7-24-14(17)20-21-15(24)25-8-13-18-22-23-19-13/h1-6H,7-8H2/q-1. The minimum atomic E-state index is 0.541. The average molecular weight is 480 g/mol. The van der Waals surface area contributed by atoms with Gasteiger partial charge in [0.05, 0.1) is 6.54 Å². The molecule has 0 aliphatic rings. The number of nitrogens with zero attached hydrogens (tertiary/aromatic N) is 7. The summed E-state index contributed by atoms with van der Waals surface area (Å²) in [7, 11) is 0. The molecule has 7 nitrogen and oxygen atoms in total. The van der Waals surface area contributed by atoms with E-state index in [9.17, 15) is 0 Å². The van der Waals surface area contributed by atoms with Gasteiger partial charge in [-0.1, -0.05) is 58.0 Å². The smallest absolute Gasteiger partial charge is 0.201 e. The number of halogens is 2. The van der Waals surface area contributed by atoms with Gasteiger partial charge in [-0.15, -0.1) is 10.2 Å². The molecule has 10 heteroatoms. The Hall–Kier alpha value is -1.78. The second-order valence-electron chi connectivity index (χ2n) is 5.17. The number of hydrogen-bond acceptors (Lipinski definition) is 6. The summed E-state index contributed by atoms with van der Waals surface area (Å²) in [5.41, 5.74) is 1.19. The molecule has 4 aromatic rings. The molecular formula is C15H10Br2N7S-. The summed E-state index contributed by atoms with van der Waals surface area (Å²) in [4.78, 5) is 0. The van der Waals surface area contributed by atoms with Gasteiger partial charge in [0, 0.05) is 16.0 Å². The fraction of sp³-hybridized carbons (Fsp3) is 0.133. The van der Waals surface area contributed by atoms with Crippen molar-refractivity contribution in [1.82, 2.24) is 35.4 Å². The highest BCUT2D eigenvalue weighted by atomic mass is 79.9. The van der Waals surface area contributed by atoms with E-state index in [-0.39, 0.29) is 0 Å². The van der Waals surface area contributed by atoms with Gasteiger partial charge in [-0.2, -0.15) is 5.21 Å². The Morgan fingerprint density at radius 3 is 2.64 bits per heavy atom. The highest BCUT2D eigenvalue weighted by Crippen LogP contribution is 2.29. The van der Waals surface area contributed by atoms with Crippen LogP contribution in [0.25, 0.3) is 10.8 Å². The lowest BCUT2D eigenvalue weighted by molar-refractivity contribution is 0.698. The molecule has 0 unspecified atom stereocenters. The number of aromatic nitrogens is 7. The van der Waals surface area contributed by atoms with Crippen molar-refractivity contribution in [2.24, 2.45) is 0 Å². The Morgan fingerprint density at radius 1 is 1.00 bits per heavy atom. The molecule has 0 saturated heterocycles. The molecule has 2 aromatic heterocycles. The summed E-state index contributed by atoms with van der Waals surface area (Å²) in [6.45, 7) is 0.655. The lowest BCUT2D eigenvalue weighted by Gasteiger charge is -2.11. The van der Waals surface area contributed by atoms with Gasteiger partial charge >= 0.3 is 0 Å². The lowest BCUT2D eigenvalue weighted by atomic mass is 10.0. The van der Waals surface area contributed by atoms with Gasteiger partial charge in [0.1, 0.15) is 0 Å². The van der Waals surface area contributed by atoms with Gasteiger partial charge in [-0.3, -0.25) is 14.9 Å². The van der Waals surface area contributed by atoms with Crippen molar-refractivity contribution in [2.45, 2.75) is 17.5 Å². The number of benzene rings is 2. The SMILES string of the molecule is Brc1ccc(Cn2c(Br)nnc2SCc2nnn[n-]2)c2ccccc12. The first-order chi connectivity index (χ1) is 12.2. The minimum absolute atomic E-state index is 0.541. The number of tetrazole rings is 1. The molecule has 0 aliphatic carbocycles. The Kier molecular flexibility index (Phi) is 4.82. The van der Waals surface area contributed by atoms with E-state index in [0.29, 0.717) is 22.9 Å². The molecular weight excluding hydrogens is 470 g/mol. The second-order valence-corrected chi connectivity index (χ2v) is 7.68. The van der Waals surface area contributed by atoms with Crippen LogP contribution in [-0.2, 0) is 12.3 Å². The van der Waals surface area contributed by atoms with Gasteiger partial charge in [-0.05, 0) is 38.3 Å². The van der Waals surface area contributed by atoms with Gasteiger partial charge in [0.15, 0.2) is 5.16 Å². The zero-order chi connectivity index (χ0) is 17.2. The fourth-order valence-electron chi connectivity index (χ4n) is 2.49. The van der Waals surface area contributed by atoms with Crippen LogP contribution in [0.5, 0.6) is 0 Å². The van der Waals surface area contributed by atoms with Crippen LogP contribution in [0.3, 0.4) is 0 Å². The van der Waals surface area contributed by atoms with E-state index in [0.717, 1.165) is 9.63 Å². The zero-order valence-corrected chi connectivity index (χ0v) is 16.7. The molecule has 126 valence electrons. The molecule has 0 bridgehead atoms. The van der Waals surface area contributed by atoms with Crippen molar-refractivity contribution in [3.63, 3.8) is 0 Å². The quantitative estimate of drug-likeness (QED) is 0.405. The van der Waals surface area contributed by atoms with E-state index in [1.165, 1.54) is 28.1 Å². The predicted octanol–water partition coefficient (Wildman–Crippen LogP) is 3.44. The molecule has 0 amide bonds. The molecule has 4 rings (SSSR count). The average Bonchev–Trinajstić information content (AvgIpc) is 3.26. The first-order valence-corrected chi connectivity index (χ1v) is 9.85. The molecule has 0 spiro atoms. The largest absolute Gasteiger partial charge is 0.335 e. The van der Waals surface area contributed by atoms with Crippen LogP contribution in [0.4, 0.5) is 0 Å².